The maximum Gasteiger partial charge on any atom is 0.416 e. The van der Waals surface area contributed by atoms with Crippen LogP contribution in [0.1, 0.15) is 30.9 Å². The van der Waals surface area contributed by atoms with Crippen molar-refractivity contribution in [3.63, 3.8) is 0 Å². The second-order valence-electron chi connectivity index (χ2n) is 5.66. The third-order valence-corrected chi connectivity index (χ3v) is 3.79. The van der Waals surface area contributed by atoms with E-state index in [1.54, 1.807) is 6.92 Å². The van der Waals surface area contributed by atoms with Gasteiger partial charge in [-0.3, -0.25) is 9.59 Å². The molecule has 0 spiro atoms. The predicted molar refractivity (Wildman–Crippen MR) is 72.1 cm³/mol. The lowest BCUT2D eigenvalue weighted by Gasteiger charge is -2.17. The number of hydrogen-bond acceptors (Lipinski definition) is 2. The van der Waals surface area contributed by atoms with E-state index < -0.39 is 29.0 Å². The van der Waals surface area contributed by atoms with Gasteiger partial charge in [0.05, 0.1) is 5.56 Å². The van der Waals surface area contributed by atoms with E-state index in [1.807, 2.05) is 0 Å². The Morgan fingerprint density at radius 1 is 1.27 bits per heavy atom. The van der Waals surface area contributed by atoms with E-state index >= 15 is 0 Å². The minimum Gasteiger partial charge on any atom is -0.480 e. The Kier molecular flexibility index (Phi) is 4.17. The van der Waals surface area contributed by atoms with Crippen LogP contribution >= 0.6 is 0 Å². The lowest BCUT2D eigenvalue weighted by Crippen LogP contribution is -2.42. The largest absolute Gasteiger partial charge is 0.480 e. The molecule has 0 radical (unpaired) electrons. The Morgan fingerprint density at radius 2 is 1.82 bits per heavy atom. The average molecular weight is 315 g/mol. The first-order chi connectivity index (χ1) is 10.1. The first kappa shape index (κ1) is 16.3. The molecule has 0 aliphatic heterocycles. The molecule has 2 N–H and O–H groups in total. The Labute approximate surface area is 125 Å². The van der Waals surface area contributed by atoms with Crippen molar-refractivity contribution in [2.45, 2.75) is 38.4 Å². The van der Waals surface area contributed by atoms with Gasteiger partial charge >= 0.3 is 12.1 Å². The van der Waals surface area contributed by atoms with Gasteiger partial charge in [0.25, 0.3) is 0 Å². The smallest absolute Gasteiger partial charge is 0.416 e. The molecule has 1 saturated carbocycles. The number of carbonyl (C=O) groups is 2. The fourth-order valence-electron chi connectivity index (χ4n) is 2.26. The summed E-state index contributed by atoms with van der Waals surface area (Å²) in [5.41, 5.74) is -1.40. The van der Waals surface area contributed by atoms with Crippen LogP contribution in [0.5, 0.6) is 0 Å². The van der Waals surface area contributed by atoms with Crippen molar-refractivity contribution in [2.75, 3.05) is 0 Å². The van der Waals surface area contributed by atoms with Crippen molar-refractivity contribution in [3.05, 3.63) is 35.4 Å². The van der Waals surface area contributed by atoms with Gasteiger partial charge in [0.1, 0.15) is 5.41 Å². The first-order valence-corrected chi connectivity index (χ1v) is 6.86. The van der Waals surface area contributed by atoms with Gasteiger partial charge in [-0.1, -0.05) is 12.1 Å². The number of halogens is 3. The van der Waals surface area contributed by atoms with Crippen LogP contribution in [0.3, 0.4) is 0 Å². The summed E-state index contributed by atoms with van der Waals surface area (Å²) < 4.78 is 37.4. The molecule has 120 valence electrons. The van der Waals surface area contributed by atoms with E-state index in [2.05, 4.69) is 5.32 Å². The number of carboxylic acids is 1. The second kappa shape index (κ2) is 5.62. The quantitative estimate of drug-likeness (QED) is 0.821. The van der Waals surface area contributed by atoms with Crippen LogP contribution in [0.15, 0.2) is 24.3 Å². The molecule has 2 rings (SSSR count). The highest BCUT2D eigenvalue weighted by atomic mass is 19.4. The van der Waals surface area contributed by atoms with Crippen LogP contribution in [0.25, 0.3) is 0 Å². The van der Waals surface area contributed by atoms with Gasteiger partial charge in [0, 0.05) is 6.04 Å². The molecule has 1 aromatic rings. The highest BCUT2D eigenvalue weighted by Gasteiger charge is 2.57. The second-order valence-corrected chi connectivity index (χ2v) is 5.66. The number of carbonyl (C=O) groups excluding carboxylic acids is 1. The maximum atomic E-state index is 12.5. The average Bonchev–Trinajstić information content (AvgIpc) is 3.19. The normalized spacial score (nSPS) is 17.6. The Bertz CT molecular complexity index is 577. The molecule has 0 saturated heterocycles. The minimum atomic E-state index is -4.38. The standard InChI is InChI=1S/C15H16F3NO3/c1-9(19-12(20)14(6-7-14)13(21)22)8-10-2-4-11(5-3-10)15(16,17)18/h2-5,9H,6-8H2,1H3,(H,19,20)(H,21,22)/t9-/m0/s1. The molecular formula is C15H16F3NO3. The van der Waals surface area contributed by atoms with Crippen molar-refractivity contribution in [3.8, 4) is 0 Å². The SMILES string of the molecule is C[C@@H](Cc1ccc(C(F)(F)F)cc1)NC(=O)C1(C(=O)O)CC1. The molecule has 0 unspecified atom stereocenters. The fourth-order valence-corrected chi connectivity index (χ4v) is 2.26. The maximum absolute atomic E-state index is 12.5. The van der Waals surface area contributed by atoms with Crippen molar-refractivity contribution >= 4 is 11.9 Å². The van der Waals surface area contributed by atoms with E-state index in [0.717, 1.165) is 12.1 Å². The Morgan fingerprint density at radius 3 is 2.23 bits per heavy atom. The molecule has 1 aliphatic rings. The van der Waals surface area contributed by atoms with Crippen molar-refractivity contribution in [2.24, 2.45) is 5.41 Å². The number of benzene rings is 1. The summed E-state index contributed by atoms with van der Waals surface area (Å²) in [7, 11) is 0. The molecule has 4 nitrogen and oxygen atoms in total. The van der Waals surface area contributed by atoms with Gasteiger partial charge in [0.15, 0.2) is 0 Å². The molecule has 1 aromatic carbocycles. The molecule has 0 heterocycles. The highest BCUT2D eigenvalue weighted by Crippen LogP contribution is 2.46. The summed E-state index contributed by atoms with van der Waals surface area (Å²) in [5.74, 6) is -1.66. The van der Waals surface area contributed by atoms with Crippen LogP contribution in [-0.4, -0.2) is 23.0 Å². The highest BCUT2D eigenvalue weighted by molar-refractivity contribution is 6.04. The summed E-state index contributed by atoms with van der Waals surface area (Å²) in [6.45, 7) is 1.69. The van der Waals surface area contributed by atoms with E-state index in [0.29, 0.717) is 24.8 Å². The van der Waals surface area contributed by atoms with Crippen molar-refractivity contribution in [1.29, 1.82) is 0 Å². The van der Waals surface area contributed by atoms with Gasteiger partial charge in [-0.25, -0.2) is 0 Å². The van der Waals surface area contributed by atoms with Gasteiger partial charge < -0.3 is 10.4 Å². The van der Waals surface area contributed by atoms with E-state index in [9.17, 15) is 22.8 Å². The summed E-state index contributed by atoms with van der Waals surface area (Å²) in [4.78, 5) is 22.9. The van der Waals surface area contributed by atoms with Gasteiger partial charge in [-0.2, -0.15) is 13.2 Å². The van der Waals surface area contributed by atoms with Crippen LogP contribution in [0.4, 0.5) is 13.2 Å². The zero-order valence-corrected chi connectivity index (χ0v) is 11.9. The third kappa shape index (κ3) is 3.40. The fraction of sp³-hybridized carbons (Fsp3) is 0.467. The molecule has 7 heteroatoms. The van der Waals surface area contributed by atoms with Crippen LogP contribution < -0.4 is 5.32 Å². The first-order valence-electron chi connectivity index (χ1n) is 6.86. The lowest BCUT2D eigenvalue weighted by molar-refractivity contribution is -0.149. The summed E-state index contributed by atoms with van der Waals surface area (Å²) in [6.07, 6.45) is -3.40. The van der Waals surface area contributed by atoms with Gasteiger partial charge in [0.2, 0.25) is 5.91 Å². The molecule has 1 amide bonds. The number of nitrogens with one attached hydrogen (secondary N) is 1. The van der Waals surface area contributed by atoms with E-state index in [4.69, 9.17) is 5.11 Å². The molecule has 0 bridgehead atoms. The van der Waals surface area contributed by atoms with Crippen LogP contribution in [-0.2, 0) is 22.2 Å². The molecule has 1 fully saturated rings. The number of alkyl halides is 3. The predicted octanol–water partition coefficient (Wildman–Crippen LogP) is 2.62. The third-order valence-electron chi connectivity index (χ3n) is 3.79. The zero-order chi connectivity index (χ0) is 16.5. The molecule has 1 aliphatic carbocycles. The monoisotopic (exact) mass is 315 g/mol. The number of hydrogen-bond donors (Lipinski definition) is 2. The summed E-state index contributed by atoms with van der Waals surface area (Å²) >= 11 is 0. The Balaban J connectivity index is 1.94. The molecular weight excluding hydrogens is 299 g/mol. The zero-order valence-electron chi connectivity index (χ0n) is 11.9. The Hall–Kier alpha value is -2.05. The number of aliphatic carboxylic acids is 1. The number of rotatable bonds is 5. The van der Waals surface area contributed by atoms with Crippen LogP contribution in [0.2, 0.25) is 0 Å². The number of carboxylic acid groups (broad SMARTS) is 1. The molecule has 0 aromatic heterocycles. The number of amides is 1. The lowest BCUT2D eigenvalue weighted by atomic mass is 10.0. The molecule has 22 heavy (non-hydrogen) atoms. The van der Waals surface area contributed by atoms with E-state index in [1.165, 1.54) is 12.1 Å². The van der Waals surface area contributed by atoms with Gasteiger partial charge in [-0.15, -0.1) is 0 Å². The molecule has 1 atom stereocenters. The van der Waals surface area contributed by atoms with Crippen molar-refractivity contribution < 1.29 is 27.9 Å². The summed E-state index contributed by atoms with van der Waals surface area (Å²) in [6, 6.07) is 4.33. The van der Waals surface area contributed by atoms with Crippen molar-refractivity contribution in [1.82, 2.24) is 5.32 Å². The van der Waals surface area contributed by atoms with E-state index in [-0.39, 0.29) is 6.04 Å². The van der Waals surface area contributed by atoms with Gasteiger partial charge in [-0.05, 0) is 43.9 Å². The minimum absolute atomic E-state index is 0.321. The topological polar surface area (TPSA) is 66.4 Å². The van der Waals surface area contributed by atoms with Crippen LogP contribution in [0, 0.1) is 5.41 Å². The summed E-state index contributed by atoms with van der Waals surface area (Å²) in [5, 5.41) is 11.6.